The highest BCUT2D eigenvalue weighted by molar-refractivity contribution is 6.05. The number of esters is 1. The van der Waals surface area contributed by atoms with Crippen LogP contribution in [0.25, 0.3) is 0 Å². The van der Waals surface area contributed by atoms with Crippen molar-refractivity contribution < 1.29 is 28.3 Å². The highest BCUT2D eigenvalue weighted by Crippen LogP contribution is 2.34. The summed E-state index contributed by atoms with van der Waals surface area (Å²) < 4.78 is 17.7. The molecule has 0 N–H and O–H groups in total. The van der Waals surface area contributed by atoms with E-state index in [0.29, 0.717) is 12.8 Å². The number of nitrogens with zero attached hydrogens (tertiary/aromatic N) is 1. The molecule has 3 rings (SSSR count). The van der Waals surface area contributed by atoms with Crippen molar-refractivity contribution in [2.24, 2.45) is 11.8 Å². The number of allylic oxidation sites excluding steroid dienone is 2. The number of hydrogen-bond donors (Lipinski definition) is 0. The van der Waals surface area contributed by atoms with Crippen LogP contribution in [0.3, 0.4) is 0 Å². The van der Waals surface area contributed by atoms with Crippen LogP contribution in [0.4, 0.5) is 4.39 Å². The van der Waals surface area contributed by atoms with E-state index in [1.54, 1.807) is 0 Å². The number of imide groups is 1. The normalized spacial score (nSPS) is 21.7. The molecule has 0 saturated carbocycles. The van der Waals surface area contributed by atoms with Gasteiger partial charge in [0.05, 0.1) is 18.3 Å². The molecule has 0 unspecified atom stereocenters. The van der Waals surface area contributed by atoms with E-state index in [-0.39, 0.29) is 42.2 Å². The molecule has 26 heavy (non-hydrogen) atoms. The number of amides is 2. The van der Waals surface area contributed by atoms with Crippen LogP contribution in [0, 0.1) is 17.7 Å². The fourth-order valence-corrected chi connectivity index (χ4v) is 3.23. The lowest BCUT2D eigenvalue weighted by atomic mass is 9.85. The van der Waals surface area contributed by atoms with Crippen LogP contribution in [-0.2, 0) is 19.1 Å². The quantitative estimate of drug-likeness (QED) is 0.335. The largest absolute Gasteiger partial charge is 0.457 e. The lowest BCUT2D eigenvalue weighted by molar-refractivity contribution is -0.145. The standard InChI is InChI=1S/C19H18FNO5/c20-13-7-5-12(6-8-13)16(22)11-26-17(23)9-10-21-18(24)14-3-1-2-4-15(14)19(21)25/h1-2,5-8,14-15H,3-4,9-11H2/t14-,15+. The first kappa shape index (κ1) is 18.0. The predicted molar refractivity (Wildman–Crippen MR) is 88.4 cm³/mol. The summed E-state index contributed by atoms with van der Waals surface area (Å²) in [4.78, 5) is 49.4. The molecule has 2 amide bonds. The average Bonchev–Trinajstić information content (AvgIpc) is 2.89. The first-order valence-electron chi connectivity index (χ1n) is 8.42. The minimum atomic E-state index is -0.672. The van der Waals surface area contributed by atoms with Crippen molar-refractivity contribution >= 4 is 23.6 Å². The van der Waals surface area contributed by atoms with Gasteiger partial charge in [0.25, 0.3) is 0 Å². The molecular weight excluding hydrogens is 341 g/mol. The minimum Gasteiger partial charge on any atom is -0.457 e. The van der Waals surface area contributed by atoms with E-state index >= 15 is 0 Å². The maximum Gasteiger partial charge on any atom is 0.308 e. The van der Waals surface area contributed by atoms with Crippen LogP contribution in [0.1, 0.15) is 29.6 Å². The molecule has 2 atom stereocenters. The van der Waals surface area contributed by atoms with Crippen molar-refractivity contribution in [3.8, 4) is 0 Å². The molecule has 0 aromatic heterocycles. The summed E-state index contributed by atoms with van der Waals surface area (Å²) in [7, 11) is 0. The molecule has 1 aromatic rings. The SMILES string of the molecule is O=C(CCN1C(=O)[C@H]2CC=CC[C@H]2C1=O)OCC(=O)c1ccc(F)cc1. The van der Waals surface area contributed by atoms with Crippen LogP contribution in [-0.4, -0.2) is 41.6 Å². The summed E-state index contributed by atoms with van der Waals surface area (Å²) in [6.45, 7) is -0.518. The molecule has 1 saturated heterocycles. The van der Waals surface area contributed by atoms with Crippen LogP contribution in [0.15, 0.2) is 36.4 Å². The van der Waals surface area contributed by atoms with Crippen molar-refractivity contribution in [1.82, 2.24) is 4.90 Å². The van der Waals surface area contributed by atoms with Gasteiger partial charge < -0.3 is 4.74 Å². The lowest BCUT2D eigenvalue weighted by Gasteiger charge is -2.14. The van der Waals surface area contributed by atoms with Gasteiger partial charge >= 0.3 is 5.97 Å². The Bertz CT molecular complexity index is 745. The van der Waals surface area contributed by atoms with E-state index in [1.165, 1.54) is 12.1 Å². The highest BCUT2D eigenvalue weighted by atomic mass is 19.1. The number of benzene rings is 1. The zero-order chi connectivity index (χ0) is 18.7. The second kappa shape index (κ2) is 7.59. The van der Waals surface area contributed by atoms with Crippen LogP contribution >= 0.6 is 0 Å². The number of Topliss-reactive ketones (excluding diaryl/α,β-unsaturated/α-hetero) is 1. The van der Waals surface area contributed by atoms with Gasteiger partial charge in [-0.15, -0.1) is 0 Å². The Morgan fingerprint density at radius 1 is 1.04 bits per heavy atom. The fraction of sp³-hybridized carbons (Fsp3) is 0.368. The number of ketones is 1. The number of hydrogen-bond acceptors (Lipinski definition) is 5. The van der Waals surface area contributed by atoms with Crippen molar-refractivity contribution in [3.05, 3.63) is 47.8 Å². The van der Waals surface area contributed by atoms with Gasteiger partial charge in [0, 0.05) is 12.1 Å². The second-order valence-electron chi connectivity index (χ2n) is 6.32. The topological polar surface area (TPSA) is 80.8 Å². The Balaban J connectivity index is 1.47. The molecule has 0 bridgehead atoms. The summed E-state index contributed by atoms with van der Waals surface area (Å²) in [5, 5.41) is 0. The van der Waals surface area contributed by atoms with Gasteiger partial charge in [0.1, 0.15) is 5.82 Å². The summed E-state index contributed by atoms with van der Waals surface area (Å²) >= 11 is 0. The highest BCUT2D eigenvalue weighted by Gasteiger charge is 2.46. The molecule has 136 valence electrons. The zero-order valence-corrected chi connectivity index (χ0v) is 14.0. The number of fused-ring (bicyclic) bond motifs is 1. The third-order valence-corrected chi connectivity index (χ3v) is 4.67. The van der Waals surface area contributed by atoms with E-state index in [1.807, 2.05) is 12.2 Å². The maximum atomic E-state index is 12.8. The first-order chi connectivity index (χ1) is 12.5. The van der Waals surface area contributed by atoms with Crippen LogP contribution in [0.2, 0.25) is 0 Å². The summed E-state index contributed by atoms with van der Waals surface area (Å²) in [5.74, 6) is -2.75. The molecule has 6 nitrogen and oxygen atoms in total. The van der Waals surface area contributed by atoms with Crippen LogP contribution in [0.5, 0.6) is 0 Å². The smallest absolute Gasteiger partial charge is 0.308 e. The molecular formula is C19H18FNO5. The molecule has 0 spiro atoms. The van der Waals surface area contributed by atoms with Gasteiger partial charge in [0.2, 0.25) is 11.8 Å². The zero-order valence-electron chi connectivity index (χ0n) is 14.0. The number of likely N-dealkylation sites (tertiary alicyclic amines) is 1. The van der Waals surface area contributed by atoms with Gasteiger partial charge in [0.15, 0.2) is 12.4 Å². The molecule has 1 fully saturated rings. The van der Waals surface area contributed by atoms with Crippen molar-refractivity contribution in [2.45, 2.75) is 19.3 Å². The van der Waals surface area contributed by atoms with Gasteiger partial charge in [-0.1, -0.05) is 12.2 Å². The van der Waals surface area contributed by atoms with Crippen molar-refractivity contribution in [2.75, 3.05) is 13.2 Å². The van der Waals surface area contributed by atoms with E-state index in [9.17, 15) is 23.6 Å². The molecule has 1 aromatic carbocycles. The number of carbonyl (C=O) groups excluding carboxylic acids is 4. The Hall–Kier alpha value is -2.83. The van der Waals surface area contributed by atoms with Gasteiger partial charge in [-0.05, 0) is 37.1 Å². The lowest BCUT2D eigenvalue weighted by Crippen LogP contribution is -2.33. The first-order valence-corrected chi connectivity index (χ1v) is 8.42. The van der Waals surface area contributed by atoms with Gasteiger partial charge in [-0.3, -0.25) is 24.1 Å². The second-order valence-corrected chi connectivity index (χ2v) is 6.32. The van der Waals surface area contributed by atoms with E-state index in [2.05, 4.69) is 0 Å². The molecule has 1 aliphatic carbocycles. The maximum absolute atomic E-state index is 12.8. The average molecular weight is 359 g/mol. The van der Waals surface area contributed by atoms with Crippen LogP contribution < -0.4 is 0 Å². The summed E-state index contributed by atoms with van der Waals surface area (Å²) in [6, 6.07) is 4.91. The number of rotatable bonds is 6. The minimum absolute atomic E-state index is 0.0474. The third kappa shape index (κ3) is 3.71. The predicted octanol–water partition coefficient (Wildman–Crippen LogP) is 1.89. The molecule has 1 heterocycles. The summed E-state index contributed by atoms with van der Waals surface area (Å²) in [6.07, 6.45) is 4.71. The summed E-state index contributed by atoms with van der Waals surface area (Å²) in [5.41, 5.74) is 0.237. The molecule has 0 radical (unpaired) electrons. The van der Waals surface area contributed by atoms with E-state index in [4.69, 9.17) is 4.74 Å². The Morgan fingerprint density at radius 2 is 1.62 bits per heavy atom. The molecule has 1 aliphatic heterocycles. The number of halogens is 1. The Labute approximate surface area is 149 Å². The molecule has 7 heteroatoms. The fourth-order valence-electron chi connectivity index (χ4n) is 3.23. The van der Waals surface area contributed by atoms with Gasteiger partial charge in [-0.25, -0.2) is 4.39 Å². The number of ether oxygens (including phenoxy) is 1. The third-order valence-electron chi connectivity index (χ3n) is 4.67. The van der Waals surface area contributed by atoms with Crippen molar-refractivity contribution in [3.63, 3.8) is 0 Å². The monoisotopic (exact) mass is 359 g/mol. The number of carbonyl (C=O) groups is 4. The van der Waals surface area contributed by atoms with E-state index < -0.39 is 24.2 Å². The Kier molecular flexibility index (Phi) is 5.25. The van der Waals surface area contributed by atoms with Gasteiger partial charge in [-0.2, -0.15) is 0 Å². The Morgan fingerprint density at radius 3 is 2.19 bits per heavy atom. The van der Waals surface area contributed by atoms with Crippen molar-refractivity contribution in [1.29, 1.82) is 0 Å². The van der Waals surface area contributed by atoms with E-state index in [0.717, 1.165) is 17.0 Å². The molecule has 2 aliphatic rings.